The van der Waals surface area contributed by atoms with Gasteiger partial charge in [-0.1, -0.05) is 25.1 Å². The van der Waals surface area contributed by atoms with Crippen LogP contribution in [0.25, 0.3) is 11.0 Å². The Morgan fingerprint density at radius 3 is 2.74 bits per heavy atom. The smallest absolute Gasteiger partial charge is 0.134 e. The summed E-state index contributed by atoms with van der Waals surface area (Å²) in [6.07, 6.45) is 0. The molecule has 0 amide bonds. The summed E-state index contributed by atoms with van der Waals surface area (Å²) < 4.78 is 5.81. The predicted molar refractivity (Wildman–Crippen MR) is 80.6 cm³/mol. The molecule has 1 aliphatic heterocycles. The lowest BCUT2D eigenvalue weighted by Crippen LogP contribution is -2.28. The van der Waals surface area contributed by atoms with Gasteiger partial charge in [-0.3, -0.25) is 4.90 Å². The summed E-state index contributed by atoms with van der Waals surface area (Å²) >= 11 is 0. The molecule has 2 unspecified atom stereocenters. The Morgan fingerprint density at radius 1 is 1.32 bits per heavy atom. The van der Waals surface area contributed by atoms with E-state index in [0.29, 0.717) is 12.0 Å². The van der Waals surface area contributed by atoms with Crippen molar-refractivity contribution in [1.29, 1.82) is 0 Å². The highest BCUT2D eigenvalue weighted by Crippen LogP contribution is 2.28. The second-order valence-electron chi connectivity index (χ2n) is 5.47. The van der Waals surface area contributed by atoms with Gasteiger partial charge in [-0.25, -0.2) is 0 Å². The number of furan rings is 1. The molecule has 2 atom stereocenters. The van der Waals surface area contributed by atoms with E-state index in [0.717, 1.165) is 31.0 Å². The lowest BCUT2D eigenvalue weighted by atomic mass is 10.1. The molecule has 0 saturated carbocycles. The molecule has 1 aliphatic rings. The molecule has 0 aliphatic carbocycles. The molecule has 2 N–H and O–H groups in total. The highest BCUT2D eigenvalue weighted by Gasteiger charge is 2.27. The van der Waals surface area contributed by atoms with E-state index in [2.05, 4.69) is 30.9 Å². The highest BCUT2D eigenvalue weighted by atomic mass is 35.5. The largest absolute Gasteiger partial charge is 0.461 e. The van der Waals surface area contributed by atoms with Crippen LogP contribution < -0.4 is 5.73 Å². The second kappa shape index (κ2) is 5.53. The number of halogens is 1. The van der Waals surface area contributed by atoms with E-state index in [1.54, 1.807) is 0 Å². The third kappa shape index (κ3) is 2.64. The van der Waals surface area contributed by atoms with Crippen molar-refractivity contribution in [2.24, 2.45) is 11.7 Å². The molecule has 0 spiro atoms. The van der Waals surface area contributed by atoms with Crippen molar-refractivity contribution in [3.05, 3.63) is 35.6 Å². The van der Waals surface area contributed by atoms with Crippen molar-refractivity contribution in [2.45, 2.75) is 26.4 Å². The van der Waals surface area contributed by atoms with E-state index in [-0.39, 0.29) is 12.4 Å². The molecule has 104 valence electrons. The third-order valence-corrected chi connectivity index (χ3v) is 4.03. The fraction of sp³-hybridized carbons (Fsp3) is 0.467. The van der Waals surface area contributed by atoms with Gasteiger partial charge in [-0.2, -0.15) is 0 Å². The first-order valence-corrected chi connectivity index (χ1v) is 6.60. The van der Waals surface area contributed by atoms with Crippen LogP contribution in [0.15, 0.2) is 28.7 Å². The minimum Gasteiger partial charge on any atom is -0.461 e. The van der Waals surface area contributed by atoms with Crippen LogP contribution in [0.2, 0.25) is 0 Å². The molecule has 2 aromatic rings. The molecule has 0 radical (unpaired) electrons. The minimum atomic E-state index is 0. The van der Waals surface area contributed by atoms with Gasteiger partial charge in [-0.05, 0) is 18.9 Å². The quantitative estimate of drug-likeness (QED) is 0.920. The molecule has 1 aromatic carbocycles. The molecular weight excluding hydrogens is 260 g/mol. The van der Waals surface area contributed by atoms with E-state index < -0.39 is 0 Å². The van der Waals surface area contributed by atoms with Gasteiger partial charge >= 0.3 is 0 Å². The fourth-order valence-corrected chi connectivity index (χ4v) is 2.87. The van der Waals surface area contributed by atoms with Crippen LogP contribution in [0.4, 0.5) is 0 Å². The Balaban J connectivity index is 0.00000133. The summed E-state index contributed by atoms with van der Waals surface area (Å²) in [6, 6.07) is 8.57. The van der Waals surface area contributed by atoms with Crippen molar-refractivity contribution >= 4 is 23.4 Å². The van der Waals surface area contributed by atoms with Crippen LogP contribution in [0.3, 0.4) is 0 Å². The van der Waals surface area contributed by atoms with Crippen LogP contribution in [-0.2, 0) is 6.54 Å². The number of aryl methyl sites for hydroxylation is 1. The van der Waals surface area contributed by atoms with E-state index in [1.807, 2.05) is 12.1 Å². The third-order valence-electron chi connectivity index (χ3n) is 4.03. The SMILES string of the molecule is Cc1oc2ccccc2c1CN1CC(C)C(N)C1.Cl. The first-order chi connectivity index (χ1) is 8.65. The van der Waals surface area contributed by atoms with Crippen molar-refractivity contribution in [2.75, 3.05) is 13.1 Å². The Hall–Kier alpha value is -1.03. The maximum atomic E-state index is 6.08. The number of para-hydroxylation sites is 1. The average Bonchev–Trinajstić information content (AvgIpc) is 2.82. The summed E-state index contributed by atoms with van der Waals surface area (Å²) in [5, 5.41) is 1.24. The summed E-state index contributed by atoms with van der Waals surface area (Å²) in [5.74, 6) is 1.62. The summed E-state index contributed by atoms with van der Waals surface area (Å²) in [6.45, 7) is 7.29. The van der Waals surface area contributed by atoms with Gasteiger partial charge in [0.05, 0.1) is 0 Å². The zero-order chi connectivity index (χ0) is 12.7. The number of nitrogens with two attached hydrogens (primary N) is 1. The van der Waals surface area contributed by atoms with Gasteiger partial charge in [0.2, 0.25) is 0 Å². The Morgan fingerprint density at radius 2 is 2.05 bits per heavy atom. The highest BCUT2D eigenvalue weighted by molar-refractivity contribution is 5.85. The maximum absolute atomic E-state index is 6.08. The number of hydrogen-bond donors (Lipinski definition) is 1. The number of nitrogens with zero attached hydrogens (tertiary/aromatic N) is 1. The Labute approximate surface area is 120 Å². The zero-order valence-electron chi connectivity index (χ0n) is 11.4. The normalized spacial score (nSPS) is 23.7. The molecule has 0 bridgehead atoms. The van der Waals surface area contributed by atoms with Gasteiger partial charge < -0.3 is 10.2 Å². The lowest BCUT2D eigenvalue weighted by molar-refractivity contribution is 0.317. The summed E-state index contributed by atoms with van der Waals surface area (Å²) in [7, 11) is 0. The maximum Gasteiger partial charge on any atom is 0.134 e. The Bertz CT molecular complexity index is 556. The van der Waals surface area contributed by atoms with Gasteiger partial charge in [-0.15, -0.1) is 12.4 Å². The van der Waals surface area contributed by atoms with Crippen LogP contribution in [0.1, 0.15) is 18.2 Å². The molecule has 4 heteroatoms. The van der Waals surface area contributed by atoms with Gasteiger partial charge in [0.1, 0.15) is 11.3 Å². The first-order valence-electron chi connectivity index (χ1n) is 6.60. The molecule has 19 heavy (non-hydrogen) atoms. The van der Waals surface area contributed by atoms with E-state index in [9.17, 15) is 0 Å². The summed E-state index contributed by atoms with van der Waals surface area (Å²) in [5.41, 5.74) is 8.38. The molecule has 1 aromatic heterocycles. The van der Waals surface area contributed by atoms with Crippen LogP contribution in [0, 0.1) is 12.8 Å². The van der Waals surface area contributed by atoms with Crippen molar-refractivity contribution in [3.8, 4) is 0 Å². The summed E-state index contributed by atoms with van der Waals surface area (Å²) in [4.78, 5) is 2.43. The van der Waals surface area contributed by atoms with E-state index in [1.165, 1.54) is 10.9 Å². The second-order valence-corrected chi connectivity index (χ2v) is 5.47. The minimum absolute atomic E-state index is 0. The molecule has 3 nitrogen and oxygen atoms in total. The van der Waals surface area contributed by atoms with Gasteiger partial charge in [0, 0.05) is 36.6 Å². The van der Waals surface area contributed by atoms with E-state index in [4.69, 9.17) is 10.2 Å². The molecule has 1 fully saturated rings. The van der Waals surface area contributed by atoms with Gasteiger partial charge in [0.15, 0.2) is 0 Å². The number of hydrogen-bond acceptors (Lipinski definition) is 3. The topological polar surface area (TPSA) is 42.4 Å². The number of rotatable bonds is 2. The zero-order valence-corrected chi connectivity index (χ0v) is 12.2. The number of fused-ring (bicyclic) bond motifs is 1. The standard InChI is InChI=1S/C15H20N2O.ClH/c1-10-7-17(9-14(10)16)8-13-11(2)18-15-6-4-3-5-12(13)15;/h3-6,10,14H,7-9,16H2,1-2H3;1H. The predicted octanol–water partition coefficient (Wildman–Crippen LogP) is 2.94. The average molecular weight is 281 g/mol. The molecule has 2 heterocycles. The van der Waals surface area contributed by atoms with Crippen molar-refractivity contribution in [3.63, 3.8) is 0 Å². The van der Waals surface area contributed by atoms with Crippen molar-refractivity contribution < 1.29 is 4.42 Å². The fourth-order valence-electron chi connectivity index (χ4n) is 2.87. The molecule has 1 saturated heterocycles. The molecule has 3 rings (SSSR count). The number of benzene rings is 1. The van der Waals surface area contributed by atoms with Crippen LogP contribution in [0.5, 0.6) is 0 Å². The lowest BCUT2D eigenvalue weighted by Gasteiger charge is -2.14. The van der Waals surface area contributed by atoms with E-state index >= 15 is 0 Å². The first kappa shape index (κ1) is 14.4. The van der Waals surface area contributed by atoms with Crippen molar-refractivity contribution in [1.82, 2.24) is 4.90 Å². The van der Waals surface area contributed by atoms with Crippen LogP contribution >= 0.6 is 12.4 Å². The van der Waals surface area contributed by atoms with Crippen LogP contribution in [-0.4, -0.2) is 24.0 Å². The Kier molecular flexibility index (Phi) is 4.19. The monoisotopic (exact) mass is 280 g/mol. The van der Waals surface area contributed by atoms with Gasteiger partial charge in [0.25, 0.3) is 0 Å². The number of likely N-dealkylation sites (tertiary alicyclic amines) is 1. The molecular formula is C15H21ClN2O.